The minimum Gasteiger partial charge on any atom is -0.388 e. The van der Waals surface area contributed by atoms with Crippen LogP contribution in [-0.4, -0.2) is 14.7 Å². The summed E-state index contributed by atoms with van der Waals surface area (Å²) in [6.45, 7) is 3.17. The summed E-state index contributed by atoms with van der Waals surface area (Å²) in [7, 11) is 0. The smallest absolute Gasteiger partial charge is 0.0970 e. The summed E-state index contributed by atoms with van der Waals surface area (Å²) in [6.07, 6.45) is 6.80. The second kappa shape index (κ2) is 4.86. The van der Waals surface area contributed by atoms with Gasteiger partial charge in [0.05, 0.1) is 11.1 Å². The minimum absolute atomic E-state index is 0.259. The zero-order chi connectivity index (χ0) is 12.5. The Bertz CT molecular complexity index is 518. The molecule has 0 aromatic carbocycles. The third-order valence-electron chi connectivity index (χ3n) is 3.71. The predicted molar refractivity (Wildman–Crippen MR) is 72.9 cm³/mol. The van der Waals surface area contributed by atoms with Crippen molar-refractivity contribution in [3.05, 3.63) is 40.1 Å². The van der Waals surface area contributed by atoms with E-state index in [0.717, 1.165) is 31.4 Å². The largest absolute Gasteiger partial charge is 0.388 e. The molecule has 0 saturated carbocycles. The fraction of sp³-hybridized carbons (Fsp3) is 0.500. The normalized spacial score (nSPS) is 20.7. The summed E-state index contributed by atoms with van der Waals surface area (Å²) in [6, 6.07) is 2.08. The number of hydrogen-bond donors (Lipinski definition) is 1. The third kappa shape index (κ3) is 2.10. The van der Waals surface area contributed by atoms with Gasteiger partial charge in [0, 0.05) is 41.5 Å². The van der Waals surface area contributed by atoms with E-state index in [4.69, 9.17) is 0 Å². The molecule has 0 fully saturated rings. The number of aliphatic hydroxyl groups excluding tert-OH is 1. The molecule has 3 rings (SSSR count). The highest BCUT2D eigenvalue weighted by Crippen LogP contribution is 2.31. The van der Waals surface area contributed by atoms with Gasteiger partial charge in [0.25, 0.3) is 0 Å². The lowest BCUT2D eigenvalue weighted by atomic mass is 9.95. The van der Waals surface area contributed by atoms with Crippen molar-refractivity contribution in [2.75, 3.05) is 0 Å². The summed E-state index contributed by atoms with van der Waals surface area (Å²) in [5.41, 5.74) is 2.45. The lowest BCUT2D eigenvalue weighted by Gasteiger charge is -2.21. The molecule has 2 aromatic rings. The van der Waals surface area contributed by atoms with Crippen LogP contribution in [0.15, 0.2) is 23.8 Å². The van der Waals surface area contributed by atoms with E-state index in [9.17, 15) is 5.11 Å². The fourth-order valence-electron chi connectivity index (χ4n) is 2.75. The molecule has 0 spiro atoms. The monoisotopic (exact) mass is 262 g/mol. The van der Waals surface area contributed by atoms with Crippen LogP contribution in [0.1, 0.15) is 48.1 Å². The maximum Gasteiger partial charge on any atom is 0.0970 e. The van der Waals surface area contributed by atoms with E-state index in [1.54, 1.807) is 11.3 Å². The standard InChI is InChI=1S/C14H18N2OS/c1-10(14-15-6-8-18-14)9-16-7-5-11-12(16)3-2-4-13(11)17/h5-8,10,13,17H,2-4,9H2,1H3. The van der Waals surface area contributed by atoms with E-state index in [0.29, 0.717) is 5.92 Å². The van der Waals surface area contributed by atoms with Gasteiger partial charge in [0.1, 0.15) is 0 Å². The number of aromatic nitrogens is 2. The van der Waals surface area contributed by atoms with Crippen molar-refractivity contribution in [2.24, 2.45) is 0 Å². The third-order valence-corrected chi connectivity index (χ3v) is 4.71. The highest BCUT2D eigenvalue weighted by molar-refractivity contribution is 7.09. The quantitative estimate of drug-likeness (QED) is 0.923. The first-order valence-electron chi connectivity index (χ1n) is 6.51. The first kappa shape index (κ1) is 11.9. The highest BCUT2D eigenvalue weighted by atomic mass is 32.1. The molecule has 3 nitrogen and oxygen atoms in total. The summed E-state index contributed by atoms with van der Waals surface area (Å²) in [4.78, 5) is 4.38. The van der Waals surface area contributed by atoms with E-state index in [2.05, 4.69) is 28.7 Å². The number of rotatable bonds is 3. The Labute approximate surface area is 111 Å². The van der Waals surface area contributed by atoms with E-state index in [1.807, 2.05) is 11.6 Å². The van der Waals surface area contributed by atoms with Crippen LogP contribution in [0.3, 0.4) is 0 Å². The van der Waals surface area contributed by atoms with Crippen LogP contribution in [0, 0.1) is 0 Å². The van der Waals surface area contributed by atoms with Gasteiger partial charge in [-0.05, 0) is 25.3 Å². The van der Waals surface area contributed by atoms with Crippen LogP contribution in [0.25, 0.3) is 0 Å². The van der Waals surface area contributed by atoms with Crippen molar-refractivity contribution < 1.29 is 5.11 Å². The van der Waals surface area contributed by atoms with Crippen molar-refractivity contribution in [3.8, 4) is 0 Å². The summed E-state index contributed by atoms with van der Waals surface area (Å²) in [5, 5.41) is 13.2. The van der Waals surface area contributed by atoms with Gasteiger partial charge in [-0.3, -0.25) is 0 Å². The zero-order valence-electron chi connectivity index (χ0n) is 10.5. The molecule has 0 bridgehead atoms. The average Bonchev–Trinajstić information content (AvgIpc) is 2.99. The van der Waals surface area contributed by atoms with Crippen LogP contribution in [0.4, 0.5) is 0 Å². The Morgan fingerprint density at radius 3 is 3.28 bits per heavy atom. The molecule has 0 saturated heterocycles. The Hall–Kier alpha value is -1.13. The molecule has 2 aromatic heterocycles. The molecule has 0 amide bonds. The highest BCUT2D eigenvalue weighted by Gasteiger charge is 2.22. The number of hydrogen-bond acceptors (Lipinski definition) is 3. The van der Waals surface area contributed by atoms with E-state index >= 15 is 0 Å². The maximum absolute atomic E-state index is 9.97. The molecule has 2 unspecified atom stereocenters. The summed E-state index contributed by atoms with van der Waals surface area (Å²) < 4.78 is 2.30. The van der Waals surface area contributed by atoms with Gasteiger partial charge in [-0.15, -0.1) is 11.3 Å². The van der Waals surface area contributed by atoms with Crippen molar-refractivity contribution in [2.45, 2.75) is 44.8 Å². The Morgan fingerprint density at radius 1 is 1.61 bits per heavy atom. The second-order valence-corrected chi connectivity index (χ2v) is 5.98. The van der Waals surface area contributed by atoms with Crippen LogP contribution in [0.5, 0.6) is 0 Å². The molecule has 0 aliphatic heterocycles. The topological polar surface area (TPSA) is 38.0 Å². The van der Waals surface area contributed by atoms with Crippen LogP contribution in [-0.2, 0) is 13.0 Å². The van der Waals surface area contributed by atoms with Gasteiger partial charge in [-0.2, -0.15) is 0 Å². The second-order valence-electron chi connectivity index (χ2n) is 5.05. The average molecular weight is 262 g/mol. The molecule has 1 N–H and O–H groups in total. The van der Waals surface area contributed by atoms with Gasteiger partial charge >= 0.3 is 0 Å². The van der Waals surface area contributed by atoms with Crippen LogP contribution in [0.2, 0.25) is 0 Å². The van der Waals surface area contributed by atoms with E-state index < -0.39 is 0 Å². The van der Waals surface area contributed by atoms with Crippen molar-refractivity contribution >= 4 is 11.3 Å². The van der Waals surface area contributed by atoms with E-state index in [1.165, 1.54) is 10.7 Å². The number of nitrogens with zero attached hydrogens (tertiary/aromatic N) is 2. The van der Waals surface area contributed by atoms with Crippen molar-refractivity contribution in [1.82, 2.24) is 9.55 Å². The van der Waals surface area contributed by atoms with E-state index in [-0.39, 0.29) is 6.10 Å². The van der Waals surface area contributed by atoms with Gasteiger partial charge in [0.15, 0.2) is 0 Å². The Kier molecular flexibility index (Phi) is 3.22. The molecular weight excluding hydrogens is 244 g/mol. The SMILES string of the molecule is CC(Cn1ccc2c1CCCC2O)c1nccs1. The molecule has 18 heavy (non-hydrogen) atoms. The molecule has 2 heterocycles. The zero-order valence-corrected chi connectivity index (χ0v) is 11.4. The lowest BCUT2D eigenvalue weighted by Crippen LogP contribution is -2.14. The van der Waals surface area contributed by atoms with Gasteiger partial charge in [-0.1, -0.05) is 6.92 Å². The van der Waals surface area contributed by atoms with Crippen LogP contribution >= 0.6 is 11.3 Å². The van der Waals surface area contributed by atoms with Gasteiger partial charge in [0.2, 0.25) is 0 Å². The summed E-state index contributed by atoms with van der Waals surface area (Å²) in [5.74, 6) is 0.431. The number of fused-ring (bicyclic) bond motifs is 1. The summed E-state index contributed by atoms with van der Waals surface area (Å²) >= 11 is 1.72. The first-order valence-corrected chi connectivity index (χ1v) is 7.39. The number of thiazole rings is 1. The van der Waals surface area contributed by atoms with Crippen LogP contribution < -0.4 is 0 Å². The van der Waals surface area contributed by atoms with Crippen molar-refractivity contribution in [3.63, 3.8) is 0 Å². The Morgan fingerprint density at radius 2 is 2.50 bits per heavy atom. The Balaban J connectivity index is 1.81. The van der Waals surface area contributed by atoms with Crippen molar-refractivity contribution in [1.29, 1.82) is 0 Å². The molecule has 1 aliphatic carbocycles. The molecular formula is C14H18N2OS. The molecule has 96 valence electrons. The first-order chi connectivity index (χ1) is 8.75. The number of aliphatic hydroxyl groups is 1. The lowest BCUT2D eigenvalue weighted by molar-refractivity contribution is 0.155. The maximum atomic E-state index is 9.97. The predicted octanol–water partition coefficient (Wildman–Crippen LogP) is 3.12. The molecule has 4 heteroatoms. The fourth-order valence-corrected chi connectivity index (χ4v) is 3.44. The van der Waals surface area contributed by atoms with Gasteiger partial charge in [-0.25, -0.2) is 4.98 Å². The molecule has 0 radical (unpaired) electrons. The molecule has 1 aliphatic rings. The molecule has 2 atom stereocenters. The minimum atomic E-state index is -0.259. The van der Waals surface area contributed by atoms with Gasteiger partial charge < -0.3 is 9.67 Å².